The van der Waals surface area contributed by atoms with Gasteiger partial charge in [0.1, 0.15) is 17.1 Å². The lowest BCUT2D eigenvalue weighted by Gasteiger charge is -2.09. The number of aromatic nitrogens is 3. The summed E-state index contributed by atoms with van der Waals surface area (Å²) in [6.45, 7) is 3.69. The van der Waals surface area contributed by atoms with Gasteiger partial charge in [-0.1, -0.05) is 0 Å². The number of thiophene rings is 1. The Balaban J connectivity index is 1.39. The summed E-state index contributed by atoms with van der Waals surface area (Å²) in [4.78, 5) is 28.9. The predicted octanol–water partition coefficient (Wildman–Crippen LogP) is 6.02. The third kappa shape index (κ3) is 6.44. The van der Waals surface area contributed by atoms with Gasteiger partial charge in [-0.05, 0) is 73.3 Å². The van der Waals surface area contributed by atoms with E-state index in [0.29, 0.717) is 38.9 Å². The van der Waals surface area contributed by atoms with Crippen LogP contribution in [0.3, 0.4) is 0 Å². The molecule has 0 bridgehead atoms. The molecule has 0 fully saturated rings. The minimum absolute atomic E-state index is 0.225. The van der Waals surface area contributed by atoms with Gasteiger partial charge in [0.05, 0.1) is 17.9 Å². The molecule has 192 valence electrons. The summed E-state index contributed by atoms with van der Waals surface area (Å²) in [5.74, 6) is -0.465. The fraction of sp³-hybridized carbons (Fsp3) is 0.167. The molecule has 2 N–H and O–H groups in total. The Labute approximate surface area is 212 Å². The lowest BCUT2D eigenvalue weighted by atomic mass is 10.2. The Bertz CT molecular complexity index is 1400. The van der Waals surface area contributed by atoms with Crippen LogP contribution in [0.25, 0.3) is 17.1 Å². The minimum atomic E-state index is -4.77. The number of carbonyl (C=O) groups excluding carboxylic acids is 2. The summed E-state index contributed by atoms with van der Waals surface area (Å²) in [7, 11) is 0. The first-order chi connectivity index (χ1) is 17.6. The summed E-state index contributed by atoms with van der Waals surface area (Å²) in [6.07, 6.45) is -3.34. The van der Waals surface area contributed by atoms with Crippen LogP contribution in [0.5, 0.6) is 5.75 Å². The first-order valence-electron chi connectivity index (χ1n) is 10.8. The van der Waals surface area contributed by atoms with Crippen molar-refractivity contribution in [2.75, 3.05) is 17.2 Å². The predicted molar refractivity (Wildman–Crippen MR) is 131 cm³/mol. The summed E-state index contributed by atoms with van der Waals surface area (Å²) in [5.41, 5.74) is 2.67. The Morgan fingerprint density at radius 3 is 2.41 bits per heavy atom. The second-order valence-electron chi connectivity index (χ2n) is 7.55. The third-order valence-electron chi connectivity index (χ3n) is 4.91. The molecule has 2 aromatic carbocycles. The summed E-state index contributed by atoms with van der Waals surface area (Å²) < 4.78 is 47.3. The van der Waals surface area contributed by atoms with Gasteiger partial charge in [0, 0.05) is 11.3 Å². The molecule has 0 saturated heterocycles. The van der Waals surface area contributed by atoms with E-state index in [2.05, 4.69) is 25.5 Å². The van der Waals surface area contributed by atoms with Gasteiger partial charge in [-0.2, -0.15) is 0 Å². The summed E-state index contributed by atoms with van der Waals surface area (Å²) in [6, 6.07) is 11.4. The molecule has 0 aliphatic rings. The van der Waals surface area contributed by atoms with Gasteiger partial charge in [0.25, 0.3) is 0 Å². The maximum Gasteiger partial charge on any atom is 0.573 e. The molecule has 37 heavy (non-hydrogen) atoms. The van der Waals surface area contributed by atoms with E-state index in [4.69, 9.17) is 4.74 Å². The topological polar surface area (TPSA) is 107 Å². The van der Waals surface area contributed by atoms with Crippen molar-refractivity contribution in [3.63, 3.8) is 0 Å². The summed E-state index contributed by atoms with van der Waals surface area (Å²) >= 11 is 1.22. The van der Waals surface area contributed by atoms with E-state index >= 15 is 0 Å². The average molecular weight is 532 g/mol. The molecule has 0 radical (unpaired) electrons. The number of nitrogens with one attached hydrogen (secondary N) is 2. The standard InChI is InChI=1S/C24H20F3N5O4S/c1-3-35-22(33)19-14(2)12-37-21(19)30-23(34)29-16-6-4-15(5-7-16)20-28-13-32(31-20)17-8-10-18(11-9-17)36-24(25,26)27/h4-13H,3H2,1-2H3,(H2,29,30,34). The average Bonchev–Trinajstić information content (AvgIpc) is 3.46. The Kier molecular flexibility index (Phi) is 7.43. The van der Waals surface area contributed by atoms with Crippen LogP contribution >= 0.6 is 11.3 Å². The van der Waals surface area contributed by atoms with Crippen LogP contribution < -0.4 is 15.4 Å². The van der Waals surface area contributed by atoms with E-state index in [1.54, 1.807) is 43.5 Å². The smallest absolute Gasteiger partial charge is 0.462 e. The number of alkyl halides is 3. The highest BCUT2D eigenvalue weighted by Crippen LogP contribution is 2.29. The molecule has 0 aliphatic carbocycles. The van der Waals surface area contributed by atoms with Gasteiger partial charge in [-0.25, -0.2) is 19.3 Å². The highest BCUT2D eigenvalue weighted by molar-refractivity contribution is 7.15. The van der Waals surface area contributed by atoms with Gasteiger partial charge in [-0.3, -0.25) is 5.32 Å². The number of carbonyl (C=O) groups is 2. The number of aryl methyl sites for hydroxylation is 1. The highest BCUT2D eigenvalue weighted by Gasteiger charge is 2.31. The zero-order chi connectivity index (χ0) is 26.6. The fourth-order valence-corrected chi connectivity index (χ4v) is 4.21. The van der Waals surface area contributed by atoms with E-state index in [1.807, 2.05) is 0 Å². The first-order valence-corrected chi connectivity index (χ1v) is 11.7. The molecule has 0 saturated carbocycles. The Morgan fingerprint density at radius 2 is 1.76 bits per heavy atom. The number of urea groups is 1. The number of esters is 1. The van der Waals surface area contributed by atoms with Crippen molar-refractivity contribution in [1.82, 2.24) is 14.8 Å². The second kappa shape index (κ2) is 10.7. The zero-order valence-corrected chi connectivity index (χ0v) is 20.3. The van der Waals surface area contributed by atoms with Crippen LogP contribution in [0.2, 0.25) is 0 Å². The molecule has 0 unspecified atom stereocenters. The molecule has 2 amide bonds. The number of ether oxygens (including phenoxy) is 2. The molecule has 4 aromatic rings. The van der Waals surface area contributed by atoms with E-state index in [0.717, 1.165) is 0 Å². The second-order valence-corrected chi connectivity index (χ2v) is 8.43. The molecule has 9 nitrogen and oxygen atoms in total. The van der Waals surface area contributed by atoms with Crippen molar-refractivity contribution in [3.05, 3.63) is 71.4 Å². The normalized spacial score (nSPS) is 11.2. The zero-order valence-electron chi connectivity index (χ0n) is 19.5. The van der Waals surface area contributed by atoms with Gasteiger partial charge < -0.3 is 14.8 Å². The number of amides is 2. The van der Waals surface area contributed by atoms with Crippen molar-refractivity contribution < 1.29 is 32.2 Å². The molecule has 4 rings (SSSR count). The number of anilines is 2. The molecule has 0 atom stereocenters. The SMILES string of the molecule is CCOC(=O)c1c(C)csc1NC(=O)Nc1ccc(-c2ncn(-c3ccc(OC(F)(F)F)cc3)n2)cc1. The quantitative estimate of drug-likeness (QED) is 0.282. The van der Waals surface area contributed by atoms with E-state index in [9.17, 15) is 22.8 Å². The lowest BCUT2D eigenvalue weighted by Crippen LogP contribution is -2.20. The van der Waals surface area contributed by atoms with Crippen molar-refractivity contribution in [3.8, 4) is 22.8 Å². The monoisotopic (exact) mass is 531 g/mol. The molecule has 2 heterocycles. The van der Waals surface area contributed by atoms with Crippen molar-refractivity contribution in [2.24, 2.45) is 0 Å². The van der Waals surface area contributed by atoms with E-state index < -0.39 is 18.4 Å². The number of hydrogen-bond donors (Lipinski definition) is 2. The van der Waals surface area contributed by atoms with E-state index in [1.165, 1.54) is 46.6 Å². The molecule has 2 aromatic heterocycles. The number of benzene rings is 2. The Morgan fingerprint density at radius 1 is 1.05 bits per heavy atom. The Hall–Kier alpha value is -4.39. The molecular weight excluding hydrogens is 511 g/mol. The van der Waals surface area contributed by atoms with Crippen LogP contribution in [-0.2, 0) is 4.74 Å². The maximum absolute atomic E-state index is 12.5. The van der Waals surface area contributed by atoms with Gasteiger partial charge in [0.15, 0.2) is 5.82 Å². The van der Waals surface area contributed by atoms with E-state index in [-0.39, 0.29) is 12.4 Å². The van der Waals surface area contributed by atoms with Crippen LogP contribution in [0.15, 0.2) is 60.2 Å². The summed E-state index contributed by atoms with van der Waals surface area (Å²) in [5, 5.41) is 11.9. The largest absolute Gasteiger partial charge is 0.573 e. The first kappa shape index (κ1) is 25.7. The third-order valence-corrected chi connectivity index (χ3v) is 5.92. The molecule has 13 heteroatoms. The minimum Gasteiger partial charge on any atom is -0.462 e. The number of halogens is 3. The van der Waals surface area contributed by atoms with Crippen molar-refractivity contribution in [2.45, 2.75) is 20.2 Å². The van der Waals surface area contributed by atoms with Crippen LogP contribution in [-0.4, -0.2) is 39.7 Å². The van der Waals surface area contributed by atoms with Crippen LogP contribution in [0.1, 0.15) is 22.8 Å². The molecular formula is C24H20F3N5O4S. The van der Waals surface area contributed by atoms with Crippen molar-refractivity contribution >= 4 is 34.0 Å². The van der Waals surface area contributed by atoms with Crippen molar-refractivity contribution in [1.29, 1.82) is 0 Å². The number of rotatable bonds is 7. The van der Waals surface area contributed by atoms with Gasteiger partial charge >= 0.3 is 18.4 Å². The highest BCUT2D eigenvalue weighted by atomic mass is 32.1. The molecule has 0 spiro atoms. The molecule has 0 aliphatic heterocycles. The van der Waals surface area contributed by atoms with Gasteiger partial charge in [0.2, 0.25) is 0 Å². The van der Waals surface area contributed by atoms with Crippen LogP contribution in [0, 0.1) is 6.92 Å². The van der Waals surface area contributed by atoms with Gasteiger partial charge in [-0.15, -0.1) is 29.6 Å². The van der Waals surface area contributed by atoms with Crippen LogP contribution in [0.4, 0.5) is 28.7 Å². The number of nitrogens with zero attached hydrogens (tertiary/aromatic N) is 3. The lowest BCUT2D eigenvalue weighted by molar-refractivity contribution is -0.274. The fourth-order valence-electron chi connectivity index (χ4n) is 3.28. The number of hydrogen-bond acceptors (Lipinski definition) is 7. The maximum atomic E-state index is 12.5.